The van der Waals surface area contributed by atoms with Crippen LogP contribution in [-0.2, 0) is 4.74 Å². The summed E-state index contributed by atoms with van der Waals surface area (Å²) in [5, 5.41) is 0. The highest BCUT2D eigenvalue weighted by molar-refractivity contribution is 4.94. The lowest BCUT2D eigenvalue weighted by Crippen LogP contribution is -2.28. The third-order valence-corrected chi connectivity index (χ3v) is 2.80. The van der Waals surface area contributed by atoms with Crippen LogP contribution >= 0.6 is 0 Å². The van der Waals surface area contributed by atoms with Crippen molar-refractivity contribution in [1.29, 1.82) is 0 Å². The summed E-state index contributed by atoms with van der Waals surface area (Å²) in [5.74, 6) is 0. The number of ether oxygens (including phenoxy) is 1. The normalized spacial score (nSPS) is 14.0. The Kier molecular flexibility index (Phi) is 5.31. The van der Waals surface area contributed by atoms with E-state index in [9.17, 15) is 0 Å². The number of hydrogen-bond donors (Lipinski definition) is 0. The Morgan fingerprint density at radius 2 is 1.92 bits per heavy atom. The van der Waals surface area contributed by atoms with Crippen LogP contribution in [0.1, 0.15) is 47.5 Å². The van der Waals surface area contributed by atoms with Gasteiger partial charge in [0.1, 0.15) is 0 Å². The fourth-order valence-corrected chi connectivity index (χ4v) is 1.26. The Labute approximate surface area is 83.2 Å². The van der Waals surface area contributed by atoms with Crippen LogP contribution in [0.5, 0.6) is 0 Å². The minimum absolute atomic E-state index is 0.278. The molecule has 13 heavy (non-hydrogen) atoms. The fraction of sp³-hybridized carbons (Fsp3) is 0.833. The van der Waals surface area contributed by atoms with E-state index in [1.807, 2.05) is 0 Å². The van der Waals surface area contributed by atoms with Crippen LogP contribution in [0.25, 0.3) is 0 Å². The van der Waals surface area contributed by atoms with E-state index in [-0.39, 0.29) is 5.41 Å². The maximum Gasteiger partial charge on any atom is 0.0594 e. The Balaban J connectivity index is 3.96. The summed E-state index contributed by atoms with van der Waals surface area (Å²) >= 11 is 0. The van der Waals surface area contributed by atoms with E-state index < -0.39 is 0 Å². The Hall–Kier alpha value is -0.300. The van der Waals surface area contributed by atoms with E-state index in [1.54, 1.807) is 7.11 Å². The molecule has 0 saturated heterocycles. The smallest absolute Gasteiger partial charge is 0.0594 e. The van der Waals surface area contributed by atoms with Crippen molar-refractivity contribution in [3.05, 3.63) is 11.6 Å². The van der Waals surface area contributed by atoms with Crippen molar-refractivity contribution in [2.24, 2.45) is 5.41 Å². The second-order valence-electron chi connectivity index (χ2n) is 4.69. The molecule has 0 fully saturated rings. The van der Waals surface area contributed by atoms with Gasteiger partial charge in [0.15, 0.2) is 0 Å². The average Bonchev–Trinajstić information content (AvgIpc) is 2.01. The summed E-state index contributed by atoms with van der Waals surface area (Å²) in [7, 11) is 1.79. The van der Waals surface area contributed by atoms with Gasteiger partial charge in [-0.15, -0.1) is 0 Å². The molecule has 1 atom stereocenters. The molecule has 0 aromatic rings. The Morgan fingerprint density at radius 1 is 1.38 bits per heavy atom. The molecule has 0 radical (unpaired) electrons. The van der Waals surface area contributed by atoms with Crippen LogP contribution in [0.3, 0.4) is 0 Å². The molecule has 0 aliphatic heterocycles. The zero-order chi connectivity index (χ0) is 10.5. The SMILES string of the molecule is CO[C@H](C)C(C)(C)CCC=C(C)C. The standard InChI is InChI=1S/C12H24O/c1-10(2)8-7-9-12(4,5)11(3)13-6/h8,11H,7,9H2,1-6H3/t11-/m1/s1. The van der Waals surface area contributed by atoms with Gasteiger partial charge in [-0.05, 0) is 39.0 Å². The predicted octanol–water partition coefficient (Wildman–Crippen LogP) is 3.79. The molecule has 78 valence electrons. The molecule has 0 unspecified atom stereocenters. The van der Waals surface area contributed by atoms with Crippen LogP contribution in [-0.4, -0.2) is 13.2 Å². The molecule has 0 rings (SSSR count). The zero-order valence-corrected chi connectivity index (χ0v) is 9.98. The third-order valence-electron chi connectivity index (χ3n) is 2.80. The molecule has 1 heteroatoms. The molecular formula is C12H24O. The van der Waals surface area contributed by atoms with Crippen molar-refractivity contribution < 1.29 is 4.74 Å². The van der Waals surface area contributed by atoms with Gasteiger partial charge in [0.05, 0.1) is 6.10 Å². The number of rotatable bonds is 5. The maximum atomic E-state index is 5.35. The van der Waals surface area contributed by atoms with Gasteiger partial charge in [0, 0.05) is 7.11 Å². The highest BCUT2D eigenvalue weighted by Crippen LogP contribution is 2.28. The average molecular weight is 184 g/mol. The van der Waals surface area contributed by atoms with Gasteiger partial charge in [-0.3, -0.25) is 0 Å². The molecular weight excluding hydrogens is 160 g/mol. The summed E-state index contributed by atoms with van der Waals surface area (Å²) in [6.45, 7) is 11.0. The summed E-state index contributed by atoms with van der Waals surface area (Å²) in [5.41, 5.74) is 1.68. The first-order valence-corrected chi connectivity index (χ1v) is 5.06. The summed E-state index contributed by atoms with van der Waals surface area (Å²) in [4.78, 5) is 0. The van der Waals surface area contributed by atoms with Crippen LogP contribution < -0.4 is 0 Å². The highest BCUT2D eigenvalue weighted by Gasteiger charge is 2.24. The lowest BCUT2D eigenvalue weighted by atomic mass is 9.82. The third kappa shape index (κ3) is 5.09. The number of methoxy groups -OCH3 is 1. The van der Waals surface area contributed by atoms with E-state index >= 15 is 0 Å². The first-order chi connectivity index (χ1) is 5.90. The van der Waals surface area contributed by atoms with E-state index in [0.717, 1.165) is 6.42 Å². The maximum absolute atomic E-state index is 5.35. The topological polar surface area (TPSA) is 9.23 Å². The predicted molar refractivity (Wildman–Crippen MR) is 58.9 cm³/mol. The van der Waals surface area contributed by atoms with Gasteiger partial charge in [-0.25, -0.2) is 0 Å². The van der Waals surface area contributed by atoms with Crippen molar-refractivity contribution >= 4 is 0 Å². The minimum Gasteiger partial charge on any atom is -0.381 e. The zero-order valence-electron chi connectivity index (χ0n) is 9.98. The molecule has 0 aliphatic carbocycles. The van der Waals surface area contributed by atoms with E-state index in [2.05, 4.69) is 40.7 Å². The van der Waals surface area contributed by atoms with Gasteiger partial charge in [-0.2, -0.15) is 0 Å². The Morgan fingerprint density at radius 3 is 2.31 bits per heavy atom. The summed E-state index contributed by atoms with van der Waals surface area (Å²) < 4.78 is 5.35. The fourth-order valence-electron chi connectivity index (χ4n) is 1.26. The van der Waals surface area contributed by atoms with Crippen molar-refractivity contribution in [3.63, 3.8) is 0 Å². The van der Waals surface area contributed by atoms with Gasteiger partial charge in [0.2, 0.25) is 0 Å². The highest BCUT2D eigenvalue weighted by atomic mass is 16.5. The van der Waals surface area contributed by atoms with Gasteiger partial charge in [-0.1, -0.05) is 25.5 Å². The summed E-state index contributed by atoms with van der Waals surface area (Å²) in [6.07, 6.45) is 4.97. The lowest BCUT2D eigenvalue weighted by Gasteiger charge is -2.30. The van der Waals surface area contributed by atoms with Crippen molar-refractivity contribution in [2.75, 3.05) is 7.11 Å². The second-order valence-corrected chi connectivity index (χ2v) is 4.69. The van der Waals surface area contributed by atoms with Crippen LogP contribution in [0.2, 0.25) is 0 Å². The second kappa shape index (κ2) is 5.43. The number of allylic oxidation sites excluding steroid dienone is 2. The summed E-state index contributed by atoms with van der Waals surface area (Å²) in [6, 6.07) is 0. The largest absolute Gasteiger partial charge is 0.381 e. The molecule has 1 nitrogen and oxygen atoms in total. The molecule has 0 spiro atoms. The van der Waals surface area contributed by atoms with Crippen molar-refractivity contribution in [1.82, 2.24) is 0 Å². The molecule has 0 amide bonds. The quantitative estimate of drug-likeness (QED) is 0.591. The monoisotopic (exact) mass is 184 g/mol. The first kappa shape index (κ1) is 12.7. The molecule has 0 N–H and O–H groups in total. The number of hydrogen-bond acceptors (Lipinski definition) is 1. The molecule has 0 aromatic carbocycles. The van der Waals surface area contributed by atoms with Gasteiger partial charge in [0.25, 0.3) is 0 Å². The van der Waals surface area contributed by atoms with E-state index in [4.69, 9.17) is 4.74 Å². The first-order valence-electron chi connectivity index (χ1n) is 5.06. The van der Waals surface area contributed by atoms with Crippen molar-refractivity contribution in [3.8, 4) is 0 Å². The van der Waals surface area contributed by atoms with Crippen LogP contribution in [0.15, 0.2) is 11.6 Å². The van der Waals surface area contributed by atoms with Crippen LogP contribution in [0, 0.1) is 5.41 Å². The molecule has 0 bridgehead atoms. The van der Waals surface area contributed by atoms with Crippen molar-refractivity contribution in [2.45, 2.75) is 53.6 Å². The molecule has 0 heterocycles. The van der Waals surface area contributed by atoms with Gasteiger partial charge < -0.3 is 4.74 Å². The molecule has 0 aromatic heterocycles. The minimum atomic E-state index is 0.278. The van der Waals surface area contributed by atoms with E-state index in [1.165, 1.54) is 12.0 Å². The van der Waals surface area contributed by atoms with Crippen LogP contribution in [0.4, 0.5) is 0 Å². The van der Waals surface area contributed by atoms with Gasteiger partial charge >= 0.3 is 0 Å². The Bertz CT molecular complexity index is 164. The lowest BCUT2D eigenvalue weighted by molar-refractivity contribution is 0.0167. The molecule has 0 aliphatic rings. The molecule has 0 saturated carbocycles. The van der Waals surface area contributed by atoms with E-state index in [0.29, 0.717) is 6.10 Å².